The molecule has 136 valence electrons. The van der Waals surface area contributed by atoms with Crippen LogP contribution in [-0.4, -0.2) is 26.2 Å². The minimum atomic E-state index is 0. The molecule has 5 heteroatoms. The number of ether oxygens (including phenoxy) is 1. The Kier molecular flexibility index (Phi) is 10.9. The number of nitrogens with one attached hydrogen (secondary N) is 2. The Balaban J connectivity index is 0.00000312. The van der Waals surface area contributed by atoms with Gasteiger partial charge in [0.05, 0.1) is 6.61 Å². The van der Waals surface area contributed by atoms with Crippen molar-refractivity contribution in [3.63, 3.8) is 0 Å². The second kappa shape index (κ2) is 12.7. The largest absolute Gasteiger partial charge is 0.377 e. The van der Waals surface area contributed by atoms with Crippen molar-refractivity contribution in [2.45, 2.75) is 26.5 Å². The van der Waals surface area contributed by atoms with Crippen LogP contribution >= 0.6 is 24.0 Å². The number of aliphatic imine (C=N–C) groups is 1. The van der Waals surface area contributed by atoms with Crippen molar-refractivity contribution in [3.05, 3.63) is 71.3 Å². The topological polar surface area (TPSA) is 45.6 Å². The molecule has 2 aromatic carbocycles. The third kappa shape index (κ3) is 8.36. The molecule has 0 aliphatic carbocycles. The molecule has 0 spiro atoms. The normalized spacial score (nSPS) is 10.9. The fourth-order valence-corrected chi connectivity index (χ4v) is 2.35. The smallest absolute Gasteiger partial charge is 0.191 e. The van der Waals surface area contributed by atoms with Crippen LogP contribution in [0.25, 0.3) is 0 Å². The third-order valence-corrected chi connectivity index (χ3v) is 3.73. The van der Waals surface area contributed by atoms with Gasteiger partial charge in [-0.2, -0.15) is 0 Å². The van der Waals surface area contributed by atoms with Crippen molar-refractivity contribution in [2.24, 2.45) is 4.99 Å². The molecule has 0 unspecified atom stereocenters. The quantitative estimate of drug-likeness (QED) is 0.364. The highest BCUT2D eigenvalue weighted by molar-refractivity contribution is 14.0. The van der Waals surface area contributed by atoms with E-state index in [1.165, 1.54) is 16.7 Å². The number of hydrogen-bond donors (Lipinski definition) is 2. The van der Waals surface area contributed by atoms with Crippen LogP contribution in [0.15, 0.2) is 59.6 Å². The molecule has 0 saturated heterocycles. The average Bonchev–Trinajstić information content (AvgIpc) is 2.64. The summed E-state index contributed by atoms with van der Waals surface area (Å²) < 4.78 is 5.41. The lowest BCUT2D eigenvalue weighted by Gasteiger charge is -2.12. The van der Waals surface area contributed by atoms with Crippen LogP contribution in [-0.2, 0) is 24.3 Å². The second-order valence-electron chi connectivity index (χ2n) is 5.54. The van der Waals surface area contributed by atoms with Crippen LogP contribution in [0, 0.1) is 0 Å². The summed E-state index contributed by atoms with van der Waals surface area (Å²) in [6.45, 7) is 5.03. The van der Waals surface area contributed by atoms with Gasteiger partial charge in [-0.3, -0.25) is 4.99 Å². The van der Waals surface area contributed by atoms with E-state index in [1.54, 1.807) is 7.05 Å². The van der Waals surface area contributed by atoms with E-state index in [9.17, 15) is 0 Å². The Morgan fingerprint density at radius 3 is 2.24 bits per heavy atom. The van der Waals surface area contributed by atoms with Crippen molar-refractivity contribution in [1.29, 1.82) is 0 Å². The van der Waals surface area contributed by atoms with Gasteiger partial charge < -0.3 is 15.4 Å². The molecule has 0 aliphatic heterocycles. The highest BCUT2D eigenvalue weighted by atomic mass is 127. The maximum absolute atomic E-state index is 5.41. The summed E-state index contributed by atoms with van der Waals surface area (Å²) in [6.07, 6.45) is 0.980. The molecule has 25 heavy (non-hydrogen) atoms. The zero-order valence-corrected chi connectivity index (χ0v) is 17.3. The summed E-state index contributed by atoms with van der Waals surface area (Å²) in [5, 5.41) is 6.69. The van der Waals surface area contributed by atoms with E-state index in [0.717, 1.165) is 32.1 Å². The van der Waals surface area contributed by atoms with Crippen LogP contribution in [0.5, 0.6) is 0 Å². The van der Waals surface area contributed by atoms with Crippen molar-refractivity contribution >= 4 is 29.9 Å². The van der Waals surface area contributed by atoms with E-state index in [0.29, 0.717) is 6.61 Å². The Bertz CT molecular complexity index is 615. The monoisotopic (exact) mass is 453 g/mol. The third-order valence-electron chi connectivity index (χ3n) is 3.73. The first-order chi connectivity index (χ1) is 11.8. The molecule has 0 fully saturated rings. The van der Waals surface area contributed by atoms with Crippen LogP contribution in [0.2, 0.25) is 0 Å². The van der Waals surface area contributed by atoms with E-state index >= 15 is 0 Å². The predicted octanol–water partition coefficient (Wildman–Crippen LogP) is 3.75. The molecule has 2 rings (SSSR count). The summed E-state index contributed by atoms with van der Waals surface area (Å²) in [5.74, 6) is 0.823. The van der Waals surface area contributed by atoms with Gasteiger partial charge in [0.2, 0.25) is 0 Å². The van der Waals surface area contributed by atoms with Gasteiger partial charge in [0, 0.05) is 26.7 Å². The molecular formula is C20H28IN3O. The molecule has 4 nitrogen and oxygen atoms in total. The van der Waals surface area contributed by atoms with E-state index in [4.69, 9.17) is 4.74 Å². The second-order valence-corrected chi connectivity index (χ2v) is 5.54. The lowest BCUT2D eigenvalue weighted by atomic mass is 10.1. The zero-order valence-electron chi connectivity index (χ0n) is 15.0. The van der Waals surface area contributed by atoms with Crippen LogP contribution in [0.3, 0.4) is 0 Å². The van der Waals surface area contributed by atoms with Gasteiger partial charge in [0.25, 0.3) is 0 Å². The minimum Gasteiger partial charge on any atom is -0.377 e. The molecule has 2 aromatic rings. The minimum absolute atomic E-state index is 0. The van der Waals surface area contributed by atoms with Gasteiger partial charge in [-0.25, -0.2) is 0 Å². The molecule has 0 bridgehead atoms. The van der Waals surface area contributed by atoms with E-state index in [2.05, 4.69) is 64.2 Å². The molecule has 0 saturated carbocycles. The van der Waals surface area contributed by atoms with Crippen LogP contribution in [0.1, 0.15) is 23.6 Å². The molecule has 0 amide bonds. The van der Waals surface area contributed by atoms with Crippen LogP contribution in [0.4, 0.5) is 0 Å². The van der Waals surface area contributed by atoms with Gasteiger partial charge in [0.15, 0.2) is 5.96 Å². The number of halogens is 1. The molecule has 0 atom stereocenters. The molecular weight excluding hydrogens is 425 g/mol. The summed E-state index contributed by atoms with van der Waals surface area (Å²) in [5.41, 5.74) is 3.75. The Labute approximate surface area is 168 Å². The van der Waals surface area contributed by atoms with Gasteiger partial charge in [-0.05, 0) is 30.0 Å². The van der Waals surface area contributed by atoms with Gasteiger partial charge in [-0.1, -0.05) is 54.6 Å². The summed E-state index contributed by atoms with van der Waals surface area (Å²) in [6, 6.07) is 18.9. The lowest BCUT2D eigenvalue weighted by molar-refractivity contribution is 0.134. The maximum atomic E-state index is 5.41. The Hall–Kier alpha value is -1.60. The summed E-state index contributed by atoms with van der Waals surface area (Å²) in [4.78, 5) is 4.27. The van der Waals surface area contributed by atoms with Crippen LogP contribution < -0.4 is 10.6 Å². The Morgan fingerprint density at radius 2 is 1.60 bits per heavy atom. The molecule has 0 aliphatic rings. The highest BCUT2D eigenvalue weighted by Crippen LogP contribution is 2.05. The first kappa shape index (κ1) is 21.4. The van der Waals surface area contributed by atoms with E-state index < -0.39 is 0 Å². The van der Waals surface area contributed by atoms with E-state index in [1.807, 2.05) is 13.0 Å². The molecule has 0 heterocycles. The number of rotatable bonds is 8. The Morgan fingerprint density at radius 1 is 0.920 bits per heavy atom. The van der Waals surface area contributed by atoms with Crippen molar-refractivity contribution in [1.82, 2.24) is 10.6 Å². The predicted molar refractivity (Wildman–Crippen MR) is 116 cm³/mol. The standard InChI is InChI=1S/C20H27N3O.HI/c1-3-24-16-19-11-9-18(10-12-19)15-23-20(21-2)22-14-13-17-7-5-4-6-8-17;/h4-12H,3,13-16H2,1-2H3,(H2,21,22,23);1H. The SMILES string of the molecule is CCOCc1ccc(CNC(=NC)NCCc2ccccc2)cc1.I. The van der Waals surface area contributed by atoms with Crippen molar-refractivity contribution in [2.75, 3.05) is 20.2 Å². The lowest BCUT2D eigenvalue weighted by Crippen LogP contribution is -2.37. The van der Waals surface area contributed by atoms with E-state index in [-0.39, 0.29) is 24.0 Å². The fraction of sp³-hybridized carbons (Fsp3) is 0.350. The first-order valence-electron chi connectivity index (χ1n) is 8.46. The summed E-state index contributed by atoms with van der Waals surface area (Å²) >= 11 is 0. The number of guanidine groups is 1. The number of benzene rings is 2. The molecule has 0 aromatic heterocycles. The van der Waals surface area contributed by atoms with Gasteiger partial charge >= 0.3 is 0 Å². The molecule has 2 N–H and O–H groups in total. The summed E-state index contributed by atoms with van der Waals surface area (Å²) in [7, 11) is 1.79. The van der Waals surface area contributed by atoms with Crippen molar-refractivity contribution < 1.29 is 4.74 Å². The van der Waals surface area contributed by atoms with Crippen molar-refractivity contribution in [3.8, 4) is 0 Å². The highest BCUT2D eigenvalue weighted by Gasteiger charge is 1.99. The van der Waals surface area contributed by atoms with Gasteiger partial charge in [-0.15, -0.1) is 24.0 Å². The average molecular weight is 453 g/mol. The number of hydrogen-bond acceptors (Lipinski definition) is 2. The van der Waals surface area contributed by atoms with Gasteiger partial charge in [0.1, 0.15) is 0 Å². The number of nitrogens with zero attached hydrogens (tertiary/aromatic N) is 1. The fourth-order valence-electron chi connectivity index (χ4n) is 2.35. The zero-order chi connectivity index (χ0) is 17.0. The first-order valence-corrected chi connectivity index (χ1v) is 8.46. The maximum Gasteiger partial charge on any atom is 0.191 e. The molecule has 0 radical (unpaired) electrons.